The number of hydrogen-bond donors (Lipinski definition) is 2. The highest BCUT2D eigenvalue weighted by Crippen LogP contribution is 2.26. The van der Waals surface area contributed by atoms with Crippen molar-refractivity contribution in [3.63, 3.8) is 0 Å². The molecule has 2 unspecified atom stereocenters. The molecule has 0 fully saturated rings. The van der Waals surface area contributed by atoms with Gasteiger partial charge in [0.1, 0.15) is 11.5 Å². The fourth-order valence-electron chi connectivity index (χ4n) is 1.76. The lowest BCUT2D eigenvalue weighted by atomic mass is 10.1. The van der Waals surface area contributed by atoms with Gasteiger partial charge in [-0.2, -0.15) is 0 Å². The molecule has 2 atom stereocenters. The van der Waals surface area contributed by atoms with Gasteiger partial charge < -0.3 is 25.3 Å². The van der Waals surface area contributed by atoms with Crippen molar-refractivity contribution in [2.45, 2.75) is 19.1 Å². The van der Waals surface area contributed by atoms with Gasteiger partial charge in [-0.3, -0.25) is 0 Å². The molecule has 0 radical (unpaired) electrons. The van der Waals surface area contributed by atoms with E-state index in [0.717, 1.165) is 23.6 Å². The molecule has 0 aliphatic rings. The van der Waals surface area contributed by atoms with Crippen LogP contribution < -0.4 is 20.5 Å². The Bertz CT molecular complexity index is 363. The van der Waals surface area contributed by atoms with Crippen LogP contribution in [0.5, 0.6) is 11.5 Å². The van der Waals surface area contributed by atoms with Gasteiger partial charge in [0.15, 0.2) is 0 Å². The van der Waals surface area contributed by atoms with Crippen molar-refractivity contribution in [1.82, 2.24) is 5.32 Å². The molecule has 5 nitrogen and oxygen atoms in total. The highest BCUT2D eigenvalue weighted by atomic mass is 16.5. The summed E-state index contributed by atoms with van der Waals surface area (Å²) in [6.07, 6.45) is 0.140. The molecule has 0 aliphatic carbocycles. The topological polar surface area (TPSA) is 65.7 Å². The van der Waals surface area contributed by atoms with Gasteiger partial charge in [-0.15, -0.1) is 0 Å². The molecule has 0 heterocycles. The van der Waals surface area contributed by atoms with Gasteiger partial charge in [-0.05, 0) is 24.6 Å². The average Bonchev–Trinajstić information content (AvgIpc) is 2.46. The smallest absolute Gasteiger partial charge is 0.122 e. The van der Waals surface area contributed by atoms with Gasteiger partial charge in [0.25, 0.3) is 0 Å². The minimum atomic E-state index is 0.0431. The first-order valence-corrected chi connectivity index (χ1v) is 6.33. The molecule has 108 valence electrons. The van der Waals surface area contributed by atoms with E-state index in [0.29, 0.717) is 6.54 Å². The van der Waals surface area contributed by atoms with E-state index in [1.165, 1.54) is 0 Å². The van der Waals surface area contributed by atoms with Crippen molar-refractivity contribution >= 4 is 0 Å². The zero-order valence-corrected chi connectivity index (χ0v) is 12.1. The Hall–Kier alpha value is -1.30. The minimum absolute atomic E-state index is 0.0431. The van der Waals surface area contributed by atoms with Gasteiger partial charge in [0.2, 0.25) is 0 Å². The maximum atomic E-state index is 5.83. The first kappa shape index (κ1) is 15.8. The second kappa shape index (κ2) is 7.99. The maximum absolute atomic E-state index is 5.83. The van der Waals surface area contributed by atoms with Crippen molar-refractivity contribution < 1.29 is 14.2 Å². The van der Waals surface area contributed by atoms with Crippen LogP contribution in [-0.4, -0.2) is 40.5 Å². The molecule has 0 aliphatic heterocycles. The van der Waals surface area contributed by atoms with E-state index in [4.69, 9.17) is 19.9 Å². The second-order valence-corrected chi connectivity index (χ2v) is 4.39. The Morgan fingerprint density at radius 1 is 1.11 bits per heavy atom. The number of methoxy groups -OCH3 is 3. The molecule has 0 aromatic heterocycles. The summed E-state index contributed by atoms with van der Waals surface area (Å²) in [6.45, 7) is 3.23. The Kier molecular flexibility index (Phi) is 6.62. The van der Waals surface area contributed by atoms with E-state index in [-0.39, 0.29) is 12.1 Å². The third-order valence-corrected chi connectivity index (χ3v) is 3.07. The zero-order chi connectivity index (χ0) is 14.3. The highest BCUT2D eigenvalue weighted by molar-refractivity contribution is 5.40. The summed E-state index contributed by atoms with van der Waals surface area (Å²) in [5.41, 5.74) is 6.87. The first-order valence-electron chi connectivity index (χ1n) is 6.33. The van der Waals surface area contributed by atoms with Crippen LogP contribution in [0.4, 0.5) is 0 Å². The normalized spacial score (nSPS) is 13.9. The minimum Gasteiger partial charge on any atom is -0.497 e. The highest BCUT2D eigenvalue weighted by Gasteiger charge is 2.13. The lowest BCUT2D eigenvalue weighted by Crippen LogP contribution is -2.34. The summed E-state index contributed by atoms with van der Waals surface area (Å²) < 4.78 is 15.7. The standard InChI is InChI=1S/C14H24N2O3/c1-10(17-2)9-16-14(8-15)11-5-12(18-3)7-13(6-11)19-4/h5-7,10,14,16H,8-9,15H2,1-4H3. The Morgan fingerprint density at radius 3 is 2.11 bits per heavy atom. The maximum Gasteiger partial charge on any atom is 0.122 e. The summed E-state index contributed by atoms with van der Waals surface area (Å²) >= 11 is 0. The monoisotopic (exact) mass is 268 g/mol. The molecule has 1 rings (SSSR count). The van der Waals surface area contributed by atoms with Crippen molar-refractivity contribution in [3.05, 3.63) is 23.8 Å². The quantitative estimate of drug-likeness (QED) is 0.744. The van der Waals surface area contributed by atoms with Gasteiger partial charge in [0.05, 0.1) is 20.3 Å². The van der Waals surface area contributed by atoms with E-state index < -0.39 is 0 Å². The SMILES string of the molecule is COc1cc(OC)cc(C(CN)NCC(C)OC)c1. The first-order chi connectivity index (χ1) is 9.14. The van der Waals surface area contributed by atoms with E-state index in [1.54, 1.807) is 21.3 Å². The molecule has 5 heteroatoms. The summed E-state index contributed by atoms with van der Waals surface area (Å²) in [4.78, 5) is 0. The molecule has 1 aromatic rings. The lowest BCUT2D eigenvalue weighted by molar-refractivity contribution is 0.114. The largest absolute Gasteiger partial charge is 0.497 e. The van der Waals surface area contributed by atoms with Crippen molar-refractivity contribution in [1.29, 1.82) is 0 Å². The number of nitrogens with two attached hydrogens (primary N) is 1. The average molecular weight is 268 g/mol. The molecule has 19 heavy (non-hydrogen) atoms. The number of ether oxygens (including phenoxy) is 3. The van der Waals surface area contributed by atoms with Crippen LogP contribution in [0.3, 0.4) is 0 Å². The van der Waals surface area contributed by atoms with Gasteiger partial charge in [-0.1, -0.05) is 0 Å². The van der Waals surface area contributed by atoms with Crippen molar-refractivity contribution in [2.24, 2.45) is 5.73 Å². The van der Waals surface area contributed by atoms with E-state index in [2.05, 4.69) is 5.32 Å². The molecule has 0 saturated heterocycles. The molecule has 0 bridgehead atoms. The Balaban J connectivity index is 2.84. The van der Waals surface area contributed by atoms with E-state index in [9.17, 15) is 0 Å². The summed E-state index contributed by atoms with van der Waals surface area (Å²) in [5, 5.41) is 3.38. The van der Waals surface area contributed by atoms with Gasteiger partial charge in [0, 0.05) is 32.3 Å². The van der Waals surface area contributed by atoms with Crippen molar-refractivity contribution in [2.75, 3.05) is 34.4 Å². The number of nitrogens with one attached hydrogen (secondary N) is 1. The lowest BCUT2D eigenvalue weighted by Gasteiger charge is -2.21. The third kappa shape index (κ3) is 4.70. The van der Waals surface area contributed by atoms with Gasteiger partial charge >= 0.3 is 0 Å². The molecule has 3 N–H and O–H groups in total. The number of hydrogen-bond acceptors (Lipinski definition) is 5. The van der Waals surface area contributed by atoms with Crippen LogP contribution in [0, 0.1) is 0 Å². The Morgan fingerprint density at radius 2 is 1.68 bits per heavy atom. The summed E-state index contributed by atoms with van der Waals surface area (Å²) in [5.74, 6) is 1.52. The van der Waals surface area contributed by atoms with Crippen LogP contribution >= 0.6 is 0 Å². The molecular formula is C14H24N2O3. The number of rotatable bonds is 8. The Labute approximate surface area is 115 Å². The van der Waals surface area contributed by atoms with Crippen LogP contribution in [0.2, 0.25) is 0 Å². The van der Waals surface area contributed by atoms with Crippen molar-refractivity contribution in [3.8, 4) is 11.5 Å². The van der Waals surface area contributed by atoms with Gasteiger partial charge in [-0.25, -0.2) is 0 Å². The fraction of sp³-hybridized carbons (Fsp3) is 0.571. The molecule has 0 saturated carbocycles. The van der Waals surface area contributed by atoms with E-state index in [1.807, 2.05) is 25.1 Å². The van der Waals surface area contributed by atoms with Crippen LogP contribution in [0.25, 0.3) is 0 Å². The van der Waals surface area contributed by atoms with Crippen LogP contribution in [0.1, 0.15) is 18.5 Å². The molecule has 0 spiro atoms. The van der Waals surface area contributed by atoms with Crippen LogP contribution in [0.15, 0.2) is 18.2 Å². The fourth-order valence-corrected chi connectivity index (χ4v) is 1.76. The molecule has 1 aromatic carbocycles. The molecule has 0 amide bonds. The zero-order valence-electron chi connectivity index (χ0n) is 12.1. The summed E-state index contributed by atoms with van der Waals surface area (Å²) in [6, 6.07) is 5.81. The predicted octanol–water partition coefficient (Wildman–Crippen LogP) is 1.33. The molecular weight excluding hydrogens is 244 g/mol. The number of benzene rings is 1. The second-order valence-electron chi connectivity index (χ2n) is 4.39. The van der Waals surface area contributed by atoms with E-state index >= 15 is 0 Å². The van der Waals surface area contributed by atoms with Crippen LogP contribution in [-0.2, 0) is 4.74 Å². The predicted molar refractivity (Wildman–Crippen MR) is 75.8 cm³/mol. The third-order valence-electron chi connectivity index (χ3n) is 3.07. The summed E-state index contributed by atoms with van der Waals surface area (Å²) in [7, 11) is 4.96.